The molecule has 0 heterocycles. The van der Waals surface area contributed by atoms with E-state index < -0.39 is 18.2 Å². The Bertz CT molecular complexity index is 383. The van der Waals surface area contributed by atoms with Gasteiger partial charge >= 0.3 is 11.9 Å². The number of carbonyl (C=O) groups excluding carboxylic acids is 2. The van der Waals surface area contributed by atoms with Crippen LogP contribution in [-0.4, -0.2) is 17.0 Å². The summed E-state index contributed by atoms with van der Waals surface area (Å²) in [5.41, 5.74) is 0.230. The summed E-state index contributed by atoms with van der Waals surface area (Å²) in [7, 11) is 0. The topological polar surface area (TPSA) is 72.8 Å². The first kappa shape index (κ1) is 12.0. The Morgan fingerprint density at radius 3 is 2.06 bits per heavy atom. The molecule has 0 aliphatic rings. The maximum atomic E-state index is 10.8. The Labute approximate surface area is 92.6 Å². The third-order valence-corrected chi connectivity index (χ3v) is 1.74. The van der Waals surface area contributed by atoms with Gasteiger partial charge in [0, 0.05) is 13.8 Å². The summed E-state index contributed by atoms with van der Waals surface area (Å²) >= 11 is 0. The van der Waals surface area contributed by atoms with E-state index in [-0.39, 0.29) is 11.3 Å². The highest BCUT2D eigenvalue weighted by Gasteiger charge is 2.20. The minimum Gasteiger partial charge on any atom is -0.507 e. The number of hydrogen-bond donors (Lipinski definition) is 1. The van der Waals surface area contributed by atoms with Crippen LogP contribution in [0, 0.1) is 0 Å². The third kappa shape index (κ3) is 3.27. The van der Waals surface area contributed by atoms with Gasteiger partial charge < -0.3 is 14.6 Å². The normalized spacial score (nSPS) is 9.94. The van der Waals surface area contributed by atoms with Gasteiger partial charge in [-0.3, -0.25) is 9.59 Å². The van der Waals surface area contributed by atoms with Crippen molar-refractivity contribution in [3.05, 3.63) is 29.8 Å². The minimum atomic E-state index is -1.21. The van der Waals surface area contributed by atoms with Gasteiger partial charge in [-0.2, -0.15) is 0 Å². The monoisotopic (exact) mass is 224 g/mol. The highest BCUT2D eigenvalue weighted by atomic mass is 16.7. The Morgan fingerprint density at radius 1 is 1.12 bits per heavy atom. The Balaban J connectivity index is 2.96. The van der Waals surface area contributed by atoms with Crippen LogP contribution >= 0.6 is 0 Å². The number of phenolic OH excluding ortho intramolecular Hbond substituents is 1. The maximum Gasteiger partial charge on any atom is 0.305 e. The number of esters is 2. The molecule has 0 atom stereocenters. The smallest absolute Gasteiger partial charge is 0.305 e. The van der Waals surface area contributed by atoms with Gasteiger partial charge in [0.2, 0.25) is 0 Å². The molecule has 0 aliphatic heterocycles. The summed E-state index contributed by atoms with van der Waals surface area (Å²) in [6, 6.07) is 6.16. The van der Waals surface area contributed by atoms with Crippen LogP contribution in [0.2, 0.25) is 0 Å². The van der Waals surface area contributed by atoms with Crippen LogP contribution < -0.4 is 0 Å². The lowest BCUT2D eigenvalue weighted by Gasteiger charge is -2.17. The average molecular weight is 224 g/mol. The average Bonchev–Trinajstić information content (AvgIpc) is 2.15. The number of ether oxygens (including phenoxy) is 2. The van der Waals surface area contributed by atoms with E-state index in [1.165, 1.54) is 26.0 Å². The number of carbonyl (C=O) groups is 2. The van der Waals surface area contributed by atoms with E-state index in [2.05, 4.69) is 0 Å². The fourth-order valence-corrected chi connectivity index (χ4v) is 1.14. The lowest BCUT2D eigenvalue weighted by molar-refractivity contribution is -0.186. The fraction of sp³-hybridized carbons (Fsp3) is 0.273. The molecule has 0 unspecified atom stereocenters. The van der Waals surface area contributed by atoms with Crippen molar-refractivity contribution >= 4 is 11.9 Å². The maximum absolute atomic E-state index is 10.8. The molecule has 86 valence electrons. The van der Waals surface area contributed by atoms with E-state index in [1.807, 2.05) is 0 Å². The molecule has 1 N–H and O–H groups in total. The van der Waals surface area contributed by atoms with Gasteiger partial charge in [0.1, 0.15) is 5.75 Å². The second-order valence-electron chi connectivity index (χ2n) is 3.11. The first-order chi connectivity index (χ1) is 7.50. The van der Waals surface area contributed by atoms with E-state index in [0.717, 1.165) is 0 Å². The number of para-hydroxylation sites is 1. The molecule has 0 aliphatic carbocycles. The summed E-state index contributed by atoms with van der Waals surface area (Å²) in [6.45, 7) is 2.38. The molecule has 1 aromatic rings. The Hall–Kier alpha value is -2.04. The number of benzene rings is 1. The first-order valence-corrected chi connectivity index (χ1v) is 4.63. The highest BCUT2D eigenvalue weighted by Crippen LogP contribution is 2.27. The van der Waals surface area contributed by atoms with Gasteiger partial charge in [0.05, 0.1) is 5.56 Å². The molecule has 16 heavy (non-hydrogen) atoms. The molecule has 5 nitrogen and oxygen atoms in total. The number of hydrogen-bond acceptors (Lipinski definition) is 5. The summed E-state index contributed by atoms with van der Waals surface area (Å²) in [4.78, 5) is 21.7. The second-order valence-corrected chi connectivity index (χ2v) is 3.11. The molecule has 0 fully saturated rings. The number of aromatic hydroxyl groups is 1. The molecule has 0 aromatic heterocycles. The zero-order chi connectivity index (χ0) is 12.1. The van der Waals surface area contributed by atoms with Crippen LogP contribution in [0.5, 0.6) is 5.75 Å². The van der Waals surface area contributed by atoms with Gasteiger partial charge in [-0.25, -0.2) is 0 Å². The predicted molar refractivity (Wildman–Crippen MR) is 54.4 cm³/mol. The van der Waals surface area contributed by atoms with Gasteiger partial charge in [-0.15, -0.1) is 0 Å². The van der Waals surface area contributed by atoms with Gasteiger partial charge in [-0.1, -0.05) is 12.1 Å². The van der Waals surface area contributed by atoms with Crippen molar-refractivity contribution in [3.8, 4) is 5.75 Å². The predicted octanol–water partition coefficient (Wildman–Crippen LogP) is 1.52. The van der Waals surface area contributed by atoms with Crippen molar-refractivity contribution in [1.29, 1.82) is 0 Å². The van der Waals surface area contributed by atoms with Crippen LogP contribution in [-0.2, 0) is 19.1 Å². The summed E-state index contributed by atoms with van der Waals surface area (Å²) < 4.78 is 9.57. The number of phenols is 1. The van der Waals surface area contributed by atoms with Crippen LogP contribution in [0.3, 0.4) is 0 Å². The molecule has 0 saturated carbocycles. The summed E-state index contributed by atoms with van der Waals surface area (Å²) in [5, 5.41) is 9.52. The molecule has 1 rings (SSSR count). The van der Waals surface area contributed by atoms with E-state index >= 15 is 0 Å². The second kappa shape index (κ2) is 5.16. The number of rotatable bonds is 3. The molecular formula is C11H12O5. The van der Waals surface area contributed by atoms with Gasteiger partial charge in [0.25, 0.3) is 6.29 Å². The van der Waals surface area contributed by atoms with Crippen molar-refractivity contribution in [2.24, 2.45) is 0 Å². The van der Waals surface area contributed by atoms with E-state index in [1.54, 1.807) is 12.1 Å². The lowest BCUT2D eigenvalue weighted by atomic mass is 10.2. The molecule has 5 heteroatoms. The molecule has 0 amide bonds. The van der Waals surface area contributed by atoms with Gasteiger partial charge in [-0.05, 0) is 12.1 Å². The van der Waals surface area contributed by atoms with Crippen LogP contribution in [0.1, 0.15) is 25.7 Å². The van der Waals surface area contributed by atoms with Gasteiger partial charge in [0.15, 0.2) is 0 Å². The Kier molecular flexibility index (Phi) is 3.88. The zero-order valence-corrected chi connectivity index (χ0v) is 8.97. The molecule has 0 spiro atoms. The SMILES string of the molecule is CC(=O)OC(OC(C)=O)c1ccccc1O. The van der Waals surface area contributed by atoms with Crippen molar-refractivity contribution in [1.82, 2.24) is 0 Å². The molecule has 0 radical (unpaired) electrons. The fourth-order valence-electron chi connectivity index (χ4n) is 1.14. The van der Waals surface area contributed by atoms with Crippen molar-refractivity contribution in [2.45, 2.75) is 20.1 Å². The molecule has 0 saturated heterocycles. The molecule has 0 bridgehead atoms. The quantitative estimate of drug-likeness (QED) is 0.622. The van der Waals surface area contributed by atoms with Crippen molar-refractivity contribution in [3.63, 3.8) is 0 Å². The minimum absolute atomic E-state index is 0.102. The summed E-state index contributed by atoms with van der Waals surface area (Å²) in [6.07, 6.45) is -1.21. The zero-order valence-electron chi connectivity index (χ0n) is 8.97. The standard InChI is InChI=1S/C11H12O5/c1-7(12)15-11(16-8(2)13)9-5-3-4-6-10(9)14/h3-6,11,14H,1-2H3. The van der Waals surface area contributed by atoms with Crippen LogP contribution in [0.15, 0.2) is 24.3 Å². The van der Waals surface area contributed by atoms with E-state index in [4.69, 9.17) is 9.47 Å². The van der Waals surface area contributed by atoms with Crippen molar-refractivity contribution in [2.75, 3.05) is 0 Å². The highest BCUT2D eigenvalue weighted by molar-refractivity contribution is 5.68. The summed E-state index contributed by atoms with van der Waals surface area (Å²) in [5.74, 6) is -1.31. The molecule has 1 aromatic carbocycles. The largest absolute Gasteiger partial charge is 0.507 e. The lowest BCUT2D eigenvalue weighted by Crippen LogP contribution is -2.15. The van der Waals surface area contributed by atoms with E-state index in [0.29, 0.717) is 0 Å². The van der Waals surface area contributed by atoms with Crippen LogP contribution in [0.4, 0.5) is 0 Å². The third-order valence-electron chi connectivity index (χ3n) is 1.74. The Morgan fingerprint density at radius 2 is 1.62 bits per heavy atom. The van der Waals surface area contributed by atoms with Crippen LogP contribution in [0.25, 0.3) is 0 Å². The first-order valence-electron chi connectivity index (χ1n) is 4.63. The molecular weight excluding hydrogens is 212 g/mol. The van der Waals surface area contributed by atoms with Crippen molar-refractivity contribution < 1.29 is 24.2 Å². The van der Waals surface area contributed by atoms with E-state index in [9.17, 15) is 14.7 Å².